The number of amides is 2. The zero-order valence-corrected chi connectivity index (χ0v) is 17.1. The van der Waals surface area contributed by atoms with Gasteiger partial charge in [-0.1, -0.05) is 0 Å². The summed E-state index contributed by atoms with van der Waals surface area (Å²) in [6.07, 6.45) is 1.28. The van der Waals surface area contributed by atoms with Gasteiger partial charge >= 0.3 is 16.1 Å². The van der Waals surface area contributed by atoms with Crippen LogP contribution in [0.4, 0.5) is 10.5 Å². The molecule has 0 saturated heterocycles. The number of nitrogens with one attached hydrogen (secondary N) is 1. The van der Waals surface area contributed by atoms with Gasteiger partial charge in [-0.25, -0.2) is 10.2 Å². The molecule has 0 spiro atoms. The van der Waals surface area contributed by atoms with Crippen molar-refractivity contribution in [1.29, 1.82) is 0 Å². The monoisotopic (exact) mass is 520 g/mol. The highest BCUT2D eigenvalue weighted by molar-refractivity contribution is 14.1. The maximum Gasteiger partial charge on any atom is 0.339 e. The van der Waals surface area contributed by atoms with Crippen molar-refractivity contribution in [3.05, 3.63) is 55.6 Å². The zero-order chi connectivity index (χ0) is 20.9. The molecule has 0 radical (unpaired) electrons. The van der Waals surface area contributed by atoms with Gasteiger partial charge in [-0.15, -0.1) is 0 Å². The van der Waals surface area contributed by atoms with Crippen molar-refractivity contribution in [3.8, 4) is 11.5 Å². The molecule has 11 nitrogen and oxygen atoms in total. The van der Waals surface area contributed by atoms with Gasteiger partial charge in [0.2, 0.25) is 0 Å². The van der Waals surface area contributed by atoms with E-state index in [1.807, 2.05) is 28.0 Å². The van der Waals surface area contributed by atoms with E-state index in [9.17, 15) is 23.3 Å². The SMILES string of the molecule is COc1cc(/C=N\NC(N)=O)cc(I)c1OS(=O)(=O)c1ccc([N+](=O)[O-])cc1. The van der Waals surface area contributed by atoms with Crippen molar-refractivity contribution in [3.63, 3.8) is 0 Å². The van der Waals surface area contributed by atoms with Gasteiger partial charge in [0.25, 0.3) is 5.69 Å². The predicted octanol–water partition coefficient (Wildman–Crippen LogP) is 1.98. The molecule has 3 N–H and O–H groups in total. The lowest BCUT2D eigenvalue weighted by molar-refractivity contribution is -0.384. The average Bonchev–Trinajstić information content (AvgIpc) is 2.63. The number of halogens is 1. The van der Waals surface area contributed by atoms with E-state index in [0.717, 1.165) is 24.3 Å². The number of hydrogen-bond acceptors (Lipinski definition) is 8. The van der Waals surface area contributed by atoms with Gasteiger partial charge in [-0.3, -0.25) is 10.1 Å². The number of primary amides is 1. The minimum atomic E-state index is -4.27. The van der Waals surface area contributed by atoms with E-state index in [2.05, 4.69) is 5.10 Å². The average molecular weight is 520 g/mol. The van der Waals surface area contributed by atoms with E-state index in [0.29, 0.717) is 9.13 Å². The number of hydrazone groups is 1. The molecule has 0 aliphatic heterocycles. The fraction of sp³-hybridized carbons (Fsp3) is 0.0667. The van der Waals surface area contributed by atoms with E-state index >= 15 is 0 Å². The minimum Gasteiger partial charge on any atom is -0.493 e. The standard InChI is InChI=1S/C15H13IN4O7S/c1-26-13-7-9(8-18-19-15(17)21)6-12(16)14(13)27-28(24,25)11-4-2-10(3-5-11)20(22)23/h2-8H,1H3,(H3,17,19,21)/b18-8-. The van der Waals surface area contributed by atoms with Crippen LogP contribution in [0, 0.1) is 13.7 Å². The Kier molecular flexibility index (Phi) is 6.74. The largest absolute Gasteiger partial charge is 0.493 e. The van der Waals surface area contributed by atoms with Gasteiger partial charge in [0.05, 0.1) is 21.8 Å². The van der Waals surface area contributed by atoms with Crippen molar-refractivity contribution < 1.29 is 27.1 Å². The number of benzene rings is 2. The number of urea groups is 1. The first-order chi connectivity index (χ1) is 13.1. The van der Waals surface area contributed by atoms with Crippen molar-refractivity contribution in [2.75, 3.05) is 7.11 Å². The Hall–Kier alpha value is -2.94. The van der Waals surface area contributed by atoms with Gasteiger partial charge in [0.15, 0.2) is 11.5 Å². The molecule has 0 heterocycles. The van der Waals surface area contributed by atoms with Crippen LogP contribution in [0.1, 0.15) is 5.56 Å². The summed E-state index contributed by atoms with van der Waals surface area (Å²) in [6.45, 7) is 0. The Labute approximate surface area is 172 Å². The maximum atomic E-state index is 12.5. The minimum absolute atomic E-state index is 0.0681. The summed E-state index contributed by atoms with van der Waals surface area (Å²) >= 11 is 1.84. The molecule has 0 bridgehead atoms. The van der Waals surface area contributed by atoms with E-state index in [-0.39, 0.29) is 22.1 Å². The van der Waals surface area contributed by atoms with E-state index in [1.165, 1.54) is 25.5 Å². The summed E-state index contributed by atoms with van der Waals surface area (Å²) in [5, 5.41) is 14.3. The third-order valence-electron chi connectivity index (χ3n) is 3.17. The van der Waals surface area contributed by atoms with Crippen LogP contribution in [0.3, 0.4) is 0 Å². The highest BCUT2D eigenvalue weighted by Crippen LogP contribution is 2.35. The van der Waals surface area contributed by atoms with Crippen LogP contribution >= 0.6 is 22.6 Å². The summed E-state index contributed by atoms with van der Waals surface area (Å²) in [5.74, 6) is 0.0272. The molecule has 2 aromatic rings. The number of nitrogens with zero attached hydrogens (tertiary/aromatic N) is 2. The number of methoxy groups -OCH3 is 1. The molecule has 0 saturated carbocycles. The van der Waals surface area contributed by atoms with Crippen LogP contribution in [-0.2, 0) is 10.1 Å². The molecule has 0 fully saturated rings. The van der Waals surface area contributed by atoms with Crippen LogP contribution < -0.4 is 20.1 Å². The van der Waals surface area contributed by atoms with Crippen molar-refractivity contribution in [2.24, 2.45) is 10.8 Å². The summed E-state index contributed by atoms with van der Waals surface area (Å²) in [6, 6.07) is 6.40. The number of carbonyl (C=O) groups is 1. The highest BCUT2D eigenvalue weighted by Gasteiger charge is 2.22. The lowest BCUT2D eigenvalue weighted by atomic mass is 10.2. The van der Waals surface area contributed by atoms with Crippen LogP contribution in [0.15, 0.2) is 46.4 Å². The number of hydrogen-bond donors (Lipinski definition) is 2. The van der Waals surface area contributed by atoms with E-state index in [4.69, 9.17) is 14.7 Å². The third kappa shape index (κ3) is 5.29. The van der Waals surface area contributed by atoms with Gasteiger partial charge in [0, 0.05) is 12.1 Å². The molecule has 148 valence electrons. The number of nitrogens with two attached hydrogens (primary N) is 1. The van der Waals surface area contributed by atoms with Crippen molar-refractivity contribution in [2.45, 2.75) is 4.90 Å². The number of carbonyl (C=O) groups excluding carboxylic acids is 1. The number of non-ortho nitro benzene ring substituents is 1. The second kappa shape index (κ2) is 8.83. The summed E-state index contributed by atoms with van der Waals surface area (Å²) < 4.78 is 35.7. The Morgan fingerprint density at radius 3 is 2.50 bits per heavy atom. The molecule has 13 heteroatoms. The van der Waals surface area contributed by atoms with Crippen molar-refractivity contribution >= 4 is 50.6 Å². The quantitative estimate of drug-likeness (QED) is 0.185. The molecule has 2 rings (SSSR count). The van der Waals surface area contributed by atoms with Gasteiger partial charge in [0.1, 0.15) is 4.90 Å². The molecule has 0 aliphatic carbocycles. The van der Waals surface area contributed by atoms with E-state index in [1.54, 1.807) is 0 Å². The molecule has 0 unspecified atom stereocenters. The molecule has 2 aromatic carbocycles. The first kappa shape index (κ1) is 21.4. The highest BCUT2D eigenvalue weighted by atomic mass is 127. The lowest BCUT2D eigenvalue weighted by Crippen LogP contribution is -2.24. The maximum absolute atomic E-state index is 12.5. The number of nitro groups is 1. The molecule has 2 amide bonds. The molecule has 0 atom stereocenters. The molecule has 0 aromatic heterocycles. The third-order valence-corrected chi connectivity index (χ3v) is 5.21. The Morgan fingerprint density at radius 2 is 1.96 bits per heavy atom. The number of nitro benzene ring substituents is 1. The van der Waals surface area contributed by atoms with Gasteiger partial charge < -0.3 is 14.7 Å². The van der Waals surface area contributed by atoms with E-state index < -0.39 is 21.1 Å². The number of rotatable bonds is 7. The topological polar surface area (TPSA) is 163 Å². The fourth-order valence-corrected chi connectivity index (χ4v) is 3.80. The second-order valence-electron chi connectivity index (χ2n) is 5.06. The van der Waals surface area contributed by atoms with Gasteiger partial charge in [-0.05, 0) is 52.4 Å². The molecule has 0 aliphatic rings. The summed E-state index contributed by atoms with van der Waals surface area (Å²) in [5.41, 5.74) is 7.16. The van der Waals surface area contributed by atoms with Crippen LogP contribution in [-0.4, -0.2) is 32.7 Å². The Bertz CT molecular complexity index is 1040. The zero-order valence-electron chi connectivity index (χ0n) is 14.2. The van der Waals surface area contributed by atoms with Crippen LogP contribution in [0.2, 0.25) is 0 Å². The summed E-state index contributed by atoms with van der Waals surface area (Å²) in [7, 11) is -2.95. The molecular weight excluding hydrogens is 507 g/mol. The second-order valence-corrected chi connectivity index (χ2v) is 7.77. The fourth-order valence-electron chi connectivity index (χ4n) is 1.96. The molecule has 28 heavy (non-hydrogen) atoms. The molecular formula is C15H13IN4O7S. The normalized spacial score (nSPS) is 11.2. The smallest absolute Gasteiger partial charge is 0.339 e. The van der Waals surface area contributed by atoms with Crippen molar-refractivity contribution in [1.82, 2.24) is 5.43 Å². The van der Waals surface area contributed by atoms with Crippen LogP contribution in [0.5, 0.6) is 11.5 Å². The summed E-state index contributed by atoms with van der Waals surface area (Å²) in [4.78, 5) is 20.4. The Balaban J connectivity index is 2.34. The number of ether oxygens (including phenoxy) is 1. The Morgan fingerprint density at radius 1 is 1.32 bits per heavy atom. The van der Waals surface area contributed by atoms with Gasteiger partial charge in [-0.2, -0.15) is 13.5 Å². The van der Waals surface area contributed by atoms with Crippen LogP contribution in [0.25, 0.3) is 0 Å². The first-order valence-electron chi connectivity index (χ1n) is 7.29. The lowest BCUT2D eigenvalue weighted by Gasteiger charge is -2.13. The first-order valence-corrected chi connectivity index (χ1v) is 9.77. The predicted molar refractivity (Wildman–Crippen MR) is 107 cm³/mol.